The van der Waals surface area contributed by atoms with E-state index < -0.39 is 0 Å². The minimum Gasteiger partial charge on any atom is -0.403 e. The molecule has 0 spiro atoms. The van der Waals surface area contributed by atoms with Crippen LogP contribution in [0, 0.1) is 11.7 Å². The molecule has 0 aliphatic rings. The Morgan fingerprint density at radius 2 is 1.84 bits per heavy atom. The molecule has 1 rings (SSSR count). The predicted octanol–water partition coefficient (Wildman–Crippen LogP) is 7.57. The number of allylic oxidation sites excluding steroid dienone is 3. The number of benzene rings is 1. The van der Waals surface area contributed by atoms with E-state index in [1.807, 2.05) is 6.07 Å². The molecule has 0 aliphatic heterocycles. The smallest absolute Gasteiger partial charge is 0.127 e. The largest absolute Gasteiger partial charge is 0.403 e. The van der Waals surface area contributed by atoms with Crippen molar-refractivity contribution in [1.29, 1.82) is 0 Å². The zero-order valence-corrected chi connectivity index (χ0v) is 23.8. The van der Waals surface area contributed by atoms with E-state index in [1.165, 1.54) is 31.0 Å². The van der Waals surface area contributed by atoms with Gasteiger partial charge < -0.3 is 16.8 Å². The number of hydrogen-bond acceptors (Lipinski definition) is 4. The summed E-state index contributed by atoms with van der Waals surface area (Å²) < 4.78 is 14.7. The Bertz CT molecular complexity index is 850. The van der Waals surface area contributed by atoms with E-state index in [-0.39, 0.29) is 5.82 Å². The van der Waals surface area contributed by atoms with Crippen molar-refractivity contribution in [3.05, 3.63) is 70.8 Å². The molecule has 4 nitrogen and oxygen atoms in total. The zero-order chi connectivity index (χ0) is 27.3. The highest BCUT2D eigenvalue weighted by Crippen LogP contribution is 2.22. The summed E-state index contributed by atoms with van der Waals surface area (Å²) in [7, 11) is 0. The molecule has 208 valence electrons. The van der Waals surface area contributed by atoms with E-state index in [0.717, 1.165) is 88.7 Å². The molecule has 37 heavy (non-hydrogen) atoms. The fourth-order valence-electron chi connectivity index (χ4n) is 4.40. The summed E-state index contributed by atoms with van der Waals surface area (Å²) in [6.07, 6.45) is 16.6. The van der Waals surface area contributed by atoms with E-state index in [9.17, 15) is 4.39 Å². The lowest BCUT2D eigenvalue weighted by molar-refractivity contribution is 0.394. The second-order valence-electron chi connectivity index (χ2n) is 10.2. The van der Waals surface area contributed by atoms with Crippen LogP contribution in [0.15, 0.2) is 58.9 Å². The Labute approximate surface area is 230 Å². The maximum absolute atomic E-state index is 14.7. The van der Waals surface area contributed by atoms with E-state index >= 15 is 0 Å². The van der Waals surface area contributed by atoms with Crippen molar-refractivity contribution >= 4 is 17.8 Å². The Hall–Kier alpha value is -2.11. The minimum absolute atomic E-state index is 0.135. The number of nitrogens with zero attached hydrogens (tertiary/aromatic N) is 1. The number of rotatable bonds is 22. The Balaban J connectivity index is 2.38. The maximum atomic E-state index is 14.7. The van der Waals surface area contributed by atoms with Crippen LogP contribution in [-0.4, -0.2) is 25.8 Å². The van der Waals surface area contributed by atoms with Crippen LogP contribution in [0.25, 0.3) is 0 Å². The van der Waals surface area contributed by atoms with Gasteiger partial charge >= 0.3 is 0 Å². The highest BCUT2D eigenvalue weighted by Gasteiger charge is 2.09. The standard InChI is InChI=1S/C31H50ClFN4/c1-25(2)11-5-4-10-19-37-26(3)21-29-16-15-28(22-31(29)33)14-7-6-12-27(13-8-9-18-34)17-20-36-24-30(32)23-35/h15-16,22-24,27,37H,1,3-14,17-21,34-35H2,2H3/b30-23+,36-24?. The molecule has 1 unspecified atom stereocenters. The maximum Gasteiger partial charge on any atom is 0.127 e. The molecular formula is C31H50ClFN4. The van der Waals surface area contributed by atoms with Gasteiger partial charge in [0.1, 0.15) is 5.82 Å². The molecule has 0 saturated heterocycles. The Morgan fingerprint density at radius 1 is 1.08 bits per heavy atom. The molecule has 0 bridgehead atoms. The molecule has 1 aromatic carbocycles. The fourth-order valence-corrected chi connectivity index (χ4v) is 4.47. The van der Waals surface area contributed by atoms with Gasteiger partial charge in [-0.15, -0.1) is 6.58 Å². The zero-order valence-electron chi connectivity index (χ0n) is 23.0. The van der Waals surface area contributed by atoms with Crippen LogP contribution in [0.1, 0.15) is 88.7 Å². The van der Waals surface area contributed by atoms with Gasteiger partial charge in [-0.2, -0.15) is 0 Å². The van der Waals surface area contributed by atoms with Crippen molar-refractivity contribution in [2.45, 2.75) is 90.4 Å². The van der Waals surface area contributed by atoms with Crippen LogP contribution in [0.3, 0.4) is 0 Å². The van der Waals surface area contributed by atoms with Gasteiger partial charge in [-0.05, 0) is 81.5 Å². The van der Waals surface area contributed by atoms with Crippen LogP contribution in [-0.2, 0) is 12.8 Å². The first-order chi connectivity index (χ1) is 17.8. The average Bonchev–Trinajstić information content (AvgIpc) is 2.87. The van der Waals surface area contributed by atoms with Crippen molar-refractivity contribution in [3.63, 3.8) is 0 Å². The number of aryl methyl sites for hydroxylation is 1. The second-order valence-corrected chi connectivity index (χ2v) is 10.6. The SMILES string of the molecule is C=C(C)CCCCCNC(=C)Cc1ccc(CCCCC(CCCCN)CCN=C/C(Cl)=C\N)cc1F. The molecule has 0 aromatic heterocycles. The van der Waals surface area contributed by atoms with Crippen LogP contribution in [0.5, 0.6) is 0 Å². The average molecular weight is 533 g/mol. The van der Waals surface area contributed by atoms with Crippen LogP contribution >= 0.6 is 11.6 Å². The first-order valence-corrected chi connectivity index (χ1v) is 14.3. The molecule has 0 amide bonds. The summed E-state index contributed by atoms with van der Waals surface area (Å²) >= 11 is 5.87. The van der Waals surface area contributed by atoms with Crippen molar-refractivity contribution in [2.24, 2.45) is 22.4 Å². The highest BCUT2D eigenvalue weighted by molar-refractivity contribution is 6.39. The van der Waals surface area contributed by atoms with Gasteiger partial charge in [0.2, 0.25) is 0 Å². The third-order valence-electron chi connectivity index (χ3n) is 6.61. The van der Waals surface area contributed by atoms with Gasteiger partial charge in [-0.3, -0.25) is 4.99 Å². The van der Waals surface area contributed by atoms with Crippen LogP contribution < -0.4 is 16.8 Å². The molecule has 1 atom stereocenters. The van der Waals surface area contributed by atoms with Crippen molar-refractivity contribution in [3.8, 4) is 0 Å². The first kappa shape index (κ1) is 32.9. The van der Waals surface area contributed by atoms with Gasteiger partial charge in [-0.25, -0.2) is 4.39 Å². The molecule has 0 fully saturated rings. The van der Waals surface area contributed by atoms with Gasteiger partial charge in [0, 0.05) is 37.6 Å². The van der Waals surface area contributed by atoms with Gasteiger partial charge in [0.15, 0.2) is 0 Å². The van der Waals surface area contributed by atoms with Crippen LogP contribution in [0.2, 0.25) is 0 Å². The van der Waals surface area contributed by atoms with Crippen molar-refractivity contribution < 1.29 is 4.39 Å². The summed E-state index contributed by atoms with van der Waals surface area (Å²) in [4.78, 5) is 4.37. The van der Waals surface area contributed by atoms with E-state index in [0.29, 0.717) is 22.9 Å². The van der Waals surface area contributed by atoms with Gasteiger partial charge in [0.25, 0.3) is 0 Å². The number of nitrogens with two attached hydrogens (primary N) is 2. The summed E-state index contributed by atoms with van der Waals surface area (Å²) in [6.45, 7) is 12.5. The molecule has 5 N–H and O–H groups in total. The minimum atomic E-state index is -0.135. The van der Waals surface area contributed by atoms with E-state index in [1.54, 1.807) is 12.3 Å². The molecule has 0 heterocycles. The van der Waals surface area contributed by atoms with Gasteiger partial charge in [0.05, 0.1) is 5.03 Å². The summed E-state index contributed by atoms with van der Waals surface area (Å²) in [5.41, 5.74) is 14.9. The Kier molecular flexibility index (Phi) is 18.6. The molecule has 1 aromatic rings. The normalized spacial score (nSPS) is 12.7. The first-order valence-electron chi connectivity index (χ1n) is 14.0. The van der Waals surface area contributed by atoms with Crippen molar-refractivity contribution in [2.75, 3.05) is 19.6 Å². The van der Waals surface area contributed by atoms with Crippen molar-refractivity contribution in [1.82, 2.24) is 5.32 Å². The van der Waals surface area contributed by atoms with Gasteiger partial charge in [-0.1, -0.05) is 68.0 Å². The van der Waals surface area contributed by atoms with Crippen LogP contribution in [0.4, 0.5) is 4.39 Å². The van der Waals surface area contributed by atoms with E-state index in [4.69, 9.17) is 23.1 Å². The second kappa shape index (κ2) is 20.9. The third-order valence-corrected chi connectivity index (χ3v) is 6.83. The number of aliphatic imine (C=N–C) groups is 1. The fraction of sp³-hybridized carbons (Fsp3) is 0.581. The lowest BCUT2D eigenvalue weighted by Crippen LogP contribution is -2.16. The molecular weight excluding hydrogens is 483 g/mol. The van der Waals surface area contributed by atoms with E-state index in [2.05, 4.69) is 36.5 Å². The highest BCUT2D eigenvalue weighted by atomic mass is 35.5. The predicted molar refractivity (Wildman–Crippen MR) is 161 cm³/mol. The molecule has 0 aliphatic carbocycles. The number of halogens is 2. The monoisotopic (exact) mass is 532 g/mol. The molecule has 6 heteroatoms. The summed E-state index contributed by atoms with van der Waals surface area (Å²) in [5.74, 6) is 0.484. The summed E-state index contributed by atoms with van der Waals surface area (Å²) in [6, 6.07) is 5.67. The topological polar surface area (TPSA) is 76.4 Å². The number of hydrogen-bond donors (Lipinski definition) is 3. The molecule has 0 radical (unpaired) electrons. The number of unbranched alkanes of at least 4 members (excludes halogenated alkanes) is 4. The number of nitrogens with one attached hydrogen (secondary N) is 1. The quantitative estimate of drug-likeness (QED) is 0.0818. The molecule has 0 saturated carbocycles. The lowest BCUT2D eigenvalue weighted by Gasteiger charge is -2.16. The Morgan fingerprint density at radius 3 is 2.51 bits per heavy atom. The third kappa shape index (κ3) is 17.1. The summed E-state index contributed by atoms with van der Waals surface area (Å²) in [5, 5.41) is 3.81. The lowest BCUT2D eigenvalue weighted by atomic mass is 9.92.